The third-order valence-corrected chi connectivity index (χ3v) is 6.09. The van der Waals surface area contributed by atoms with E-state index in [-0.39, 0.29) is 0 Å². The van der Waals surface area contributed by atoms with Crippen molar-refractivity contribution in [3.63, 3.8) is 0 Å². The Hall–Kier alpha value is -0.580. The largest absolute Gasteiger partial charge is 0.361 e. The summed E-state index contributed by atoms with van der Waals surface area (Å²) in [4.78, 5) is 3.33. The van der Waals surface area contributed by atoms with Crippen molar-refractivity contribution in [2.24, 2.45) is 0 Å². The molecule has 0 bridgehead atoms. The Labute approximate surface area is 116 Å². The highest BCUT2D eigenvalue weighted by atomic mass is 32.2. The first-order valence-corrected chi connectivity index (χ1v) is 8.59. The molecule has 2 aromatic rings. The number of hydrogen-bond acceptors (Lipinski definition) is 3. The minimum absolute atomic E-state index is 0.786. The van der Waals surface area contributed by atoms with Gasteiger partial charge in [0.05, 0.1) is 0 Å². The van der Waals surface area contributed by atoms with E-state index >= 15 is 0 Å². The first kappa shape index (κ1) is 12.5. The van der Waals surface area contributed by atoms with Gasteiger partial charge in [0, 0.05) is 52.7 Å². The summed E-state index contributed by atoms with van der Waals surface area (Å²) >= 11 is 4.20. The number of nitrogens with one attached hydrogen (secondary N) is 2. The van der Waals surface area contributed by atoms with Gasteiger partial charge in [0.1, 0.15) is 0 Å². The summed E-state index contributed by atoms with van der Waals surface area (Å²) in [7, 11) is 0. The molecular formula is C14H18N2S2. The van der Waals surface area contributed by atoms with Crippen molar-refractivity contribution >= 4 is 34.4 Å². The second-order valence-corrected chi connectivity index (χ2v) is 7.12. The standard InChI is InChI=1S/C14H18N2S2/c1-2-4-14-13(3-1)11(8-16-14)7-15-9-12-10-17-5-6-18-12/h1-4,8,12,15-16H,5-7,9-10H2. The van der Waals surface area contributed by atoms with Crippen LogP contribution in [-0.2, 0) is 6.54 Å². The topological polar surface area (TPSA) is 27.8 Å². The lowest BCUT2D eigenvalue weighted by molar-refractivity contribution is 0.689. The Morgan fingerprint density at radius 2 is 2.22 bits per heavy atom. The summed E-state index contributed by atoms with van der Waals surface area (Å²) in [5.74, 6) is 3.93. The second kappa shape index (κ2) is 6.04. The van der Waals surface area contributed by atoms with E-state index in [4.69, 9.17) is 0 Å². The van der Waals surface area contributed by atoms with E-state index in [9.17, 15) is 0 Å². The SMILES string of the molecule is c1ccc2c(CNCC3CSCCS3)c[nH]c2c1. The Kier molecular flexibility index (Phi) is 4.18. The molecule has 1 atom stereocenters. The van der Waals surface area contributed by atoms with Gasteiger partial charge in [-0.2, -0.15) is 23.5 Å². The summed E-state index contributed by atoms with van der Waals surface area (Å²) in [6, 6.07) is 8.50. The summed E-state index contributed by atoms with van der Waals surface area (Å²) in [5, 5.41) is 5.72. The highest BCUT2D eigenvalue weighted by molar-refractivity contribution is 8.06. The molecule has 1 saturated heterocycles. The molecular weight excluding hydrogens is 260 g/mol. The molecule has 0 spiro atoms. The van der Waals surface area contributed by atoms with Gasteiger partial charge in [0.25, 0.3) is 0 Å². The smallest absolute Gasteiger partial charge is 0.0457 e. The molecule has 0 radical (unpaired) electrons. The maximum Gasteiger partial charge on any atom is 0.0457 e. The van der Waals surface area contributed by atoms with Gasteiger partial charge in [0.2, 0.25) is 0 Å². The van der Waals surface area contributed by atoms with Crippen molar-refractivity contribution in [2.75, 3.05) is 23.8 Å². The number of rotatable bonds is 4. The molecule has 2 nitrogen and oxygen atoms in total. The maximum absolute atomic E-state index is 3.60. The van der Waals surface area contributed by atoms with Gasteiger partial charge < -0.3 is 10.3 Å². The average molecular weight is 278 g/mol. The fraction of sp³-hybridized carbons (Fsp3) is 0.429. The Bertz CT molecular complexity index is 503. The molecule has 1 aromatic heterocycles. The zero-order valence-electron chi connectivity index (χ0n) is 10.3. The zero-order valence-corrected chi connectivity index (χ0v) is 11.9. The molecule has 4 heteroatoms. The summed E-state index contributed by atoms with van der Waals surface area (Å²) in [5.41, 5.74) is 2.61. The molecule has 1 unspecified atom stereocenters. The predicted octanol–water partition coefficient (Wildman–Crippen LogP) is 3.11. The van der Waals surface area contributed by atoms with Crippen LogP contribution in [0.1, 0.15) is 5.56 Å². The van der Waals surface area contributed by atoms with Crippen molar-refractivity contribution < 1.29 is 0 Å². The van der Waals surface area contributed by atoms with E-state index in [1.165, 1.54) is 33.7 Å². The molecule has 1 aliphatic rings. The molecule has 1 fully saturated rings. The van der Waals surface area contributed by atoms with E-state index in [1.807, 2.05) is 0 Å². The fourth-order valence-corrected chi connectivity index (χ4v) is 4.95. The average Bonchev–Trinajstić information content (AvgIpc) is 2.84. The normalized spacial score (nSPS) is 20.3. The van der Waals surface area contributed by atoms with Crippen LogP contribution in [0.15, 0.2) is 30.5 Å². The van der Waals surface area contributed by atoms with Crippen molar-refractivity contribution in [1.29, 1.82) is 0 Å². The minimum atomic E-state index is 0.786. The van der Waals surface area contributed by atoms with Crippen LogP contribution in [0.25, 0.3) is 10.9 Å². The van der Waals surface area contributed by atoms with Gasteiger partial charge in [-0.25, -0.2) is 0 Å². The second-order valence-electron chi connectivity index (χ2n) is 4.56. The lowest BCUT2D eigenvalue weighted by atomic mass is 10.2. The predicted molar refractivity (Wildman–Crippen MR) is 83.6 cm³/mol. The van der Waals surface area contributed by atoms with E-state index in [2.05, 4.69) is 64.3 Å². The minimum Gasteiger partial charge on any atom is -0.361 e. The summed E-state index contributed by atoms with van der Waals surface area (Å²) < 4.78 is 0. The lowest BCUT2D eigenvalue weighted by Crippen LogP contribution is -2.28. The van der Waals surface area contributed by atoms with Gasteiger partial charge in [0.15, 0.2) is 0 Å². The number of hydrogen-bond donors (Lipinski definition) is 2. The van der Waals surface area contributed by atoms with Crippen LogP contribution in [0.4, 0.5) is 0 Å². The Balaban J connectivity index is 1.56. The van der Waals surface area contributed by atoms with E-state index in [0.717, 1.165) is 18.3 Å². The van der Waals surface area contributed by atoms with Crippen LogP contribution >= 0.6 is 23.5 Å². The zero-order chi connectivity index (χ0) is 12.2. The maximum atomic E-state index is 3.60. The number of thioether (sulfide) groups is 2. The van der Waals surface area contributed by atoms with Gasteiger partial charge in [-0.15, -0.1) is 0 Å². The fourth-order valence-electron chi connectivity index (χ4n) is 2.30. The van der Waals surface area contributed by atoms with Gasteiger partial charge in [-0.3, -0.25) is 0 Å². The molecule has 0 aliphatic carbocycles. The van der Waals surface area contributed by atoms with Crippen LogP contribution in [0, 0.1) is 0 Å². The van der Waals surface area contributed by atoms with E-state index < -0.39 is 0 Å². The molecule has 2 heterocycles. The number of benzene rings is 1. The molecule has 1 aliphatic heterocycles. The quantitative estimate of drug-likeness (QED) is 0.900. The van der Waals surface area contributed by atoms with Crippen molar-refractivity contribution in [1.82, 2.24) is 10.3 Å². The number of para-hydroxylation sites is 1. The molecule has 1 aromatic carbocycles. The first-order valence-electron chi connectivity index (χ1n) is 6.38. The van der Waals surface area contributed by atoms with Gasteiger partial charge in [-0.1, -0.05) is 18.2 Å². The summed E-state index contributed by atoms with van der Waals surface area (Å²) in [6.07, 6.45) is 2.13. The number of aromatic amines is 1. The van der Waals surface area contributed by atoms with E-state index in [0.29, 0.717) is 0 Å². The number of H-pyrrole nitrogens is 1. The molecule has 2 N–H and O–H groups in total. The van der Waals surface area contributed by atoms with Crippen LogP contribution in [0.2, 0.25) is 0 Å². The van der Waals surface area contributed by atoms with Crippen molar-refractivity contribution in [3.05, 3.63) is 36.0 Å². The molecule has 18 heavy (non-hydrogen) atoms. The van der Waals surface area contributed by atoms with Gasteiger partial charge in [-0.05, 0) is 11.6 Å². The van der Waals surface area contributed by atoms with Crippen molar-refractivity contribution in [3.8, 4) is 0 Å². The van der Waals surface area contributed by atoms with Crippen LogP contribution in [0.5, 0.6) is 0 Å². The number of aromatic nitrogens is 1. The van der Waals surface area contributed by atoms with Crippen LogP contribution in [0.3, 0.4) is 0 Å². The first-order chi connectivity index (χ1) is 8.93. The lowest BCUT2D eigenvalue weighted by Gasteiger charge is -2.21. The van der Waals surface area contributed by atoms with Gasteiger partial charge >= 0.3 is 0 Å². The highest BCUT2D eigenvalue weighted by Gasteiger charge is 2.13. The molecule has 0 amide bonds. The molecule has 96 valence electrons. The van der Waals surface area contributed by atoms with Crippen molar-refractivity contribution in [2.45, 2.75) is 11.8 Å². The highest BCUT2D eigenvalue weighted by Crippen LogP contribution is 2.23. The monoisotopic (exact) mass is 278 g/mol. The summed E-state index contributed by atoms with van der Waals surface area (Å²) in [6.45, 7) is 2.09. The van der Waals surface area contributed by atoms with E-state index in [1.54, 1.807) is 0 Å². The molecule has 3 rings (SSSR count). The Morgan fingerprint density at radius 1 is 1.28 bits per heavy atom. The molecule has 0 saturated carbocycles. The Morgan fingerprint density at radius 3 is 3.11 bits per heavy atom. The van der Waals surface area contributed by atoms with Crippen LogP contribution < -0.4 is 5.32 Å². The third-order valence-electron chi connectivity index (χ3n) is 3.25. The number of fused-ring (bicyclic) bond motifs is 1. The third kappa shape index (κ3) is 2.87. The van der Waals surface area contributed by atoms with Crippen LogP contribution in [-0.4, -0.2) is 34.0 Å².